The van der Waals surface area contributed by atoms with Crippen LogP contribution in [0.1, 0.15) is 12.5 Å². The first-order valence-corrected chi connectivity index (χ1v) is 9.95. The van der Waals surface area contributed by atoms with E-state index in [1.54, 1.807) is 12.1 Å². The largest absolute Gasteiger partial charge is 0.484 e. The van der Waals surface area contributed by atoms with Crippen LogP contribution in [0.5, 0.6) is 5.75 Å². The van der Waals surface area contributed by atoms with E-state index in [0.29, 0.717) is 10.8 Å². The van der Waals surface area contributed by atoms with Gasteiger partial charge in [-0.05, 0) is 49.7 Å². The van der Waals surface area contributed by atoms with E-state index >= 15 is 0 Å². The molecule has 3 rings (SSSR count). The van der Waals surface area contributed by atoms with Crippen LogP contribution in [0.4, 0.5) is 5.82 Å². The zero-order chi connectivity index (χ0) is 19.9. The fourth-order valence-corrected chi connectivity index (χ4v) is 3.42. The molecule has 2 aromatic rings. The molecule has 1 aliphatic heterocycles. The Hall–Kier alpha value is -2.31. The molecule has 28 heavy (non-hydrogen) atoms. The summed E-state index contributed by atoms with van der Waals surface area (Å²) in [7, 11) is 0. The molecule has 0 saturated carbocycles. The molecule has 150 valence electrons. The predicted octanol–water partition coefficient (Wildman–Crippen LogP) is 2.75. The summed E-state index contributed by atoms with van der Waals surface area (Å²) in [5.74, 6) is 1.56. The van der Waals surface area contributed by atoms with Gasteiger partial charge >= 0.3 is 0 Å². The molecule has 0 bridgehead atoms. The van der Waals surface area contributed by atoms with Gasteiger partial charge in [-0.15, -0.1) is 0 Å². The molecular weight excluding hydrogens is 376 g/mol. The van der Waals surface area contributed by atoms with E-state index in [-0.39, 0.29) is 18.6 Å². The Kier molecular flexibility index (Phi) is 7.12. The van der Waals surface area contributed by atoms with Crippen LogP contribution in [-0.4, -0.2) is 61.2 Å². The summed E-state index contributed by atoms with van der Waals surface area (Å²) in [6, 6.07) is 11.4. The number of nitrogens with zero attached hydrogens (tertiary/aromatic N) is 3. The molecule has 1 aromatic carbocycles. The number of aryl methyl sites for hydroxylation is 1. The van der Waals surface area contributed by atoms with Crippen LogP contribution in [0.25, 0.3) is 0 Å². The highest BCUT2D eigenvalue weighted by atomic mass is 35.5. The van der Waals surface area contributed by atoms with Crippen molar-refractivity contribution in [2.75, 3.05) is 44.2 Å². The van der Waals surface area contributed by atoms with Gasteiger partial charge in [0.1, 0.15) is 11.6 Å². The van der Waals surface area contributed by atoms with E-state index in [2.05, 4.69) is 20.1 Å². The number of ether oxygens (including phenoxy) is 1. The van der Waals surface area contributed by atoms with Crippen LogP contribution < -0.4 is 15.0 Å². The van der Waals surface area contributed by atoms with Gasteiger partial charge in [-0.1, -0.05) is 17.7 Å². The lowest BCUT2D eigenvalue weighted by molar-refractivity contribution is -0.123. The van der Waals surface area contributed by atoms with Gasteiger partial charge in [-0.25, -0.2) is 4.98 Å². The predicted molar refractivity (Wildman–Crippen MR) is 112 cm³/mol. The van der Waals surface area contributed by atoms with Crippen LogP contribution in [-0.2, 0) is 4.79 Å². The summed E-state index contributed by atoms with van der Waals surface area (Å²) < 4.78 is 5.56. The van der Waals surface area contributed by atoms with Gasteiger partial charge in [0.15, 0.2) is 6.61 Å². The summed E-state index contributed by atoms with van der Waals surface area (Å²) in [6.07, 6.45) is 1.83. The van der Waals surface area contributed by atoms with Crippen molar-refractivity contribution in [1.82, 2.24) is 15.2 Å². The van der Waals surface area contributed by atoms with Crippen molar-refractivity contribution in [1.29, 1.82) is 0 Å². The second kappa shape index (κ2) is 9.75. The molecule has 2 heterocycles. The van der Waals surface area contributed by atoms with Gasteiger partial charge < -0.3 is 15.0 Å². The van der Waals surface area contributed by atoms with Crippen LogP contribution >= 0.6 is 11.6 Å². The van der Waals surface area contributed by atoms with Crippen molar-refractivity contribution in [2.45, 2.75) is 19.9 Å². The summed E-state index contributed by atoms with van der Waals surface area (Å²) in [4.78, 5) is 21.2. The molecule has 0 aliphatic carbocycles. The minimum Gasteiger partial charge on any atom is -0.484 e. The molecular formula is C21H27ClN4O2. The minimum absolute atomic E-state index is 0.00112. The van der Waals surface area contributed by atoms with Crippen molar-refractivity contribution in [3.8, 4) is 5.75 Å². The lowest BCUT2D eigenvalue weighted by atomic mass is 10.2. The van der Waals surface area contributed by atoms with E-state index in [9.17, 15) is 4.79 Å². The average Bonchev–Trinajstić information content (AvgIpc) is 2.70. The number of carbonyl (C=O) groups excluding carboxylic acids is 1. The molecule has 1 fully saturated rings. The SMILES string of the molecule is Cc1cc(OCC(=O)NC(C)CN2CCN(c3ccccn3)CC2)ccc1Cl. The van der Waals surface area contributed by atoms with Gasteiger partial charge in [0.05, 0.1) is 0 Å². The van der Waals surface area contributed by atoms with E-state index in [1.165, 1.54) is 0 Å². The normalized spacial score (nSPS) is 15.9. The fourth-order valence-electron chi connectivity index (χ4n) is 3.31. The van der Waals surface area contributed by atoms with E-state index < -0.39 is 0 Å². The second-order valence-corrected chi connectivity index (χ2v) is 7.55. The van der Waals surface area contributed by atoms with Gasteiger partial charge in [-0.2, -0.15) is 0 Å². The molecule has 1 aliphatic rings. The first-order valence-electron chi connectivity index (χ1n) is 9.58. The Bertz CT molecular complexity index is 779. The van der Waals surface area contributed by atoms with Gasteiger partial charge in [0.25, 0.3) is 5.91 Å². The smallest absolute Gasteiger partial charge is 0.258 e. The van der Waals surface area contributed by atoms with Crippen molar-refractivity contribution < 1.29 is 9.53 Å². The van der Waals surface area contributed by atoms with Crippen LogP contribution in [0.15, 0.2) is 42.6 Å². The molecule has 7 heteroatoms. The van der Waals surface area contributed by atoms with Crippen LogP contribution in [0, 0.1) is 6.92 Å². The van der Waals surface area contributed by atoms with Crippen molar-refractivity contribution in [2.24, 2.45) is 0 Å². The standard InChI is InChI=1S/C21H27ClN4O2/c1-16-13-18(6-7-19(16)22)28-15-21(27)24-17(2)14-25-9-11-26(12-10-25)20-5-3-4-8-23-20/h3-8,13,17H,9-12,14-15H2,1-2H3,(H,24,27). The number of aromatic nitrogens is 1. The van der Waals surface area contributed by atoms with Gasteiger partial charge in [0.2, 0.25) is 0 Å². The van der Waals surface area contributed by atoms with Crippen LogP contribution in [0.3, 0.4) is 0 Å². The number of pyridine rings is 1. The Morgan fingerprint density at radius 1 is 1.25 bits per heavy atom. The Morgan fingerprint density at radius 2 is 2.04 bits per heavy atom. The molecule has 1 aromatic heterocycles. The van der Waals surface area contributed by atoms with Crippen LogP contribution in [0.2, 0.25) is 5.02 Å². The quantitative estimate of drug-likeness (QED) is 0.771. The number of carbonyl (C=O) groups is 1. The fraction of sp³-hybridized carbons (Fsp3) is 0.429. The Balaban J connectivity index is 1.37. The number of hydrogen-bond donors (Lipinski definition) is 1. The maximum atomic E-state index is 12.2. The number of halogens is 1. The first kappa shape index (κ1) is 20.4. The number of rotatable bonds is 7. The third kappa shape index (κ3) is 5.84. The molecule has 1 amide bonds. The average molecular weight is 403 g/mol. The number of nitrogens with one attached hydrogen (secondary N) is 1. The Labute approximate surface area is 171 Å². The zero-order valence-corrected chi connectivity index (χ0v) is 17.2. The van der Waals surface area contributed by atoms with Crippen molar-refractivity contribution >= 4 is 23.3 Å². The second-order valence-electron chi connectivity index (χ2n) is 7.14. The number of piperazine rings is 1. The first-order chi connectivity index (χ1) is 13.5. The highest BCUT2D eigenvalue weighted by molar-refractivity contribution is 6.31. The molecule has 6 nitrogen and oxygen atoms in total. The molecule has 1 unspecified atom stereocenters. The van der Waals surface area contributed by atoms with Gasteiger partial charge in [-0.3, -0.25) is 9.69 Å². The molecule has 0 spiro atoms. The maximum absolute atomic E-state index is 12.2. The Morgan fingerprint density at radius 3 is 2.71 bits per heavy atom. The zero-order valence-electron chi connectivity index (χ0n) is 16.4. The summed E-state index contributed by atoms with van der Waals surface area (Å²) >= 11 is 6.00. The molecule has 1 atom stereocenters. The third-order valence-electron chi connectivity index (χ3n) is 4.78. The topological polar surface area (TPSA) is 57.7 Å². The highest BCUT2D eigenvalue weighted by Crippen LogP contribution is 2.20. The number of anilines is 1. The summed E-state index contributed by atoms with van der Waals surface area (Å²) in [6.45, 7) is 8.54. The van der Waals surface area contributed by atoms with E-state index in [1.807, 2.05) is 44.3 Å². The highest BCUT2D eigenvalue weighted by Gasteiger charge is 2.20. The number of hydrogen-bond acceptors (Lipinski definition) is 5. The summed E-state index contributed by atoms with van der Waals surface area (Å²) in [5, 5.41) is 3.70. The van der Waals surface area contributed by atoms with E-state index in [4.69, 9.17) is 16.3 Å². The third-order valence-corrected chi connectivity index (χ3v) is 5.21. The number of benzene rings is 1. The minimum atomic E-state index is -0.118. The van der Waals surface area contributed by atoms with E-state index in [0.717, 1.165) is 44.1 Å². The number of amides is 1. The van der Waals surface area contributed by atoms with Crippen molar-refractivity contribution in [3.05, 3.63) is 53.2 Å². The lowest BCUT2D eigenvalue weighted by Gasteiger charge is -2.36. The molecule has 1 N–H and O–H groups in total. The van der Waals surface area contributed by atoms with Crippen molar-refractivity contribution in [3.63, 3.8) is 0 Å². The van der Waals surface area contributed by atoms with Gasteiger partial charge in [0, 0.05) is 50.0 Å². The maximum Gasteiger partial charge on any atom is 0.258 e. The monoisotopic (exact) mass is 402 g/mol. The molecule has 0 radical (unpaired) electrons. The summed E-state index contributed by atoms with van der Waals surface area (Å²) in [5.41, 5.74) is 0.929. The molecule has 1 saturated heterocycles. The lowest BCUT2D eigenvalue weighted by Crippen LogP contribution is -2.51.